The molecule has 0 atom stereocenters. The van der Waals surface area contributed by atoms with E-state index in [-0.39, 0.29) is 36.4 Å². The summed E-state index contributed by atoms with van der Waals surface area (Å²) in [5.41, 5.74) is 2.38. The number of nitrogens with one attached hydrogen (secondary N) is 3. The molecule has 1 amide bonds. The van der Waals surface area contributed by atoms with Crippen LogP contribution in [0.1, 0.15) is 18.1 Å². The number of aliphatic imine (C=N–C) groups is 1. The number of hydrogen-bond acceptors (Lipinski definition) is 3. The van der Waals surface area contributed by atoms with Gasteiger partial charge < -0.3 is 20.7 Å². The maximum Gasteiger partial charge on any atom is 0.239 e. The number of aryl methyl sites for hydroxylation is 1. The molecule has 0 bridgehead atoms. The highest BCUT2D eigenvalue weighted by Gasteiger charge is 2.03. The van der Waals surface area contributed by atoms with E-state index in [1.54, 1.807) is 7.11 Å². The predicted molar refractivity (Wildman–Crippen MR) is 104 cm³/mol. The van der Waals surface area contributed by atoms with Crippen LogP contribution >= 0.6 is 24.0 Å². The number of guanidine groups is 1. The molecule has 0 saturated heterocycles. The zero-order chi connectivity index (χ0) is 16.2. The molecule has 6 nitrogen and oxygen atoms in total. The van der Waals surface area contributed by atoms with Crippen molar-refractivity contribution in [3.63, 3.8) is 0 Å². The molecule has 0 aliphatic rings. The van der Waals surface area contributed by atoms with Crippen LogP contribution in [0.5, 0.6) is 0 Å². The first-order valence-electron chi connectivity index (χ1n) is 7.49. The molecule has 130 valence electrons. The number of amides is 1. The monoisotopic (exact) mass is 434 g/mol. The minimum Gasteiger partial charge on any atom is -0.383 e. The van der Waals surface area contributed by atoms with Gasteiger partial charge in [0.05, 0.1) is 19.7 Å². The minimum atomic E-state index is -0.0847. The fourth-order valence-corrected chi connectivity index (χ4v) is 1.81. The second kappa shape index (κ2) is 13.1. The van der Waals surface area contributed by atoms with Crippen LogP contribution in [0, 0.1) is 6.92 Å². The molecular formula is C16H27IN4O2. The fourth-order valence-electron chi connectivity index (χ4n) is 1.81. The van der Waals surface area contributed by atoms with E-state index in [0.717, 1.165) is 6.54 Å². The summed E-state index contributed by atoms with van der Waals surface area (Å²) in [6.07, 6.45) is 0. The van der Waals surface area contributed by atoms with Crippen molar-refractivity contribution in [1.82, 2.24) is 16.0 Å². The number of benzene rings is 1. The van der Waals surface area contributed by atoms with Gasteiger partial charge in [0.1, 0.15) is 0 Å². The van der Waals surface area contributed by atoms with Crippen LogP contribution < -0.4 is 16.0 Å². The fraction of sp³-hybridized carbons (Fsp3) is 0.500. The second-order valence-corrected chi connectivity index (χ2v) is 4.82. The molecule has 1 aromatic rings. The quantitative estimate of drug-likeness (QED) is 0.251. The lowest BCUT2D eigenvalue weighted by atomic mass is 10.1. The summed E-state index contributed by atoms with van der Waals surface area (Å²) >= 11 is 0. The zero-order valence-corrected chi connectivity index (χ0v) is 16.3. The Balaban J connectivity index is 0.00000484. The molecular weight excluding hydrogens is 407 g/mol. The van der Waals surface area contributed by atoms with Gasteiger partial charge in [0.25, 0.3) is 0 Å². The number of carbonyl (C=O) groups is 1. The highest BCUT2D eigenvalue weighted by molar-refractivity contribution is 14.0. The van der Waals surface area contributed by atoms with Crippen molar-refractivity contribution in [1.29, 1.82) is 0 Å². The highest BCUT2D eigenvalue weighted by atomic mass is 127. The molecule has 0 saturated carbocycles. The molecule has 3 N–H and O–H groups in total. The Morgan fingerprint density at radius 1 is 1.22 bits per heavy atom. The predicted octanol–water partition coefficient (Wildman–Crippen LogP) is 1.43. The third kappa shape index (κ3) is 9.39. The number of halogens is 1. The summed E-state index contributed by atoms with van der Waals surface area (Å²) in [6.45, 7) is 6.57. The Morgan fingerprint density at radius 2 is 1.96 bits per heavy atom. The molecule has 0 heterocycles. The van der Waals surface area contributed by atoms with Crippen molar-refractivity contribution < 1.29 is 9.53 Å². The van der Waals surface area contributed by atoms with E-state index in [2.05, 4.69) is 40.0 Å². The smallest absolute Gasteiger partial charge is 0.239 e. The van der Waals surface area contributed by atoms with Gasteiger partial charge in [-0.25, -0.2) is 4.99 Å². The largest absolute Gasteiger partial charge is 0.383 e. The van der Waals surface area contributed by atoms with Gasteiger partial charge in [0, 0.05) is 20.2 Å². The van der Waals surface area contributed by atoms with Crippen LogP contribution in [0.15, 0.2) is 29.3 Å². The molecule has 7 heteroatoms. The van der Waals surface area contributed by atoms with Gasteiger partial charge >= 0.3 is 0 Å². The SMILES string of the molecule is CCNC(=NCc1ccccc1C)NCC(=O)NCCOC.I. The van der Waals surface area contributed by atoms with E-state index < -0.39 is 0 Å². The average Bonchev–Trinajstić information content (AvgIpc) is 2.51. The topological polar surface area (TPSA) is 74.8 Å². The third-order valence-electron chi connectivity index (χ3n) is 3.06. The number of carbonyl (C=O) groups excluding carboxylic acids is 1. The standard InChI is InChI=1S/C16H26N4O2.HI/c1-4-17-16(20-12-15(21)18-9-10-22-3)19-11-14-8-6-5-7-13(14)2;/h5-8H,4,9-12H2,1-3H3,(H,18,21)(H2,17,19,20);1H. The molecule has 1 rings (SSSR count). The first kappa shape index (κ1) is 21.6. The van der Waals surface area contributed by atoms with E-state index in [0.29, 0.717) is 25.7 Å². The van der Waals surface area contributed by atoms with E-state index >= 15 is 0 Å². The molecule has 0 aliphatic carbocycles. The lowest BCUT2D eigenvalue weighted by molar-refractivity contribution is -0.120. The first-order valence-corrected chi connectivity index (χ1v) is 7.49. The van der Waals surface area contributed by atoms with Crippen LogP contribution in [0.25, 0.3) is 0 Å². The van der Waals surface area contributed by atoms with Crippen LogP contribution in [-0.2, 0) is 16.1 Å². The molecule has 0 aliphatic heterocycles. The molecule has 23 heavy (non-hydrogen) atoms. The van der Waals surface area contributed by atoms with Crippen LogP contribution in [0.4, 0.5) is 0 Å². The maximum absolute atomic E-state index is 11.6. The first-order chi connectivity index (χ1) is 10.7. The molecule has 0 spiro atoms. The number of rotatable bonds is 8. The third-order valence-corrected chi connectivity index (χ3v) is 3.06. The lowest BCUT2D eigenvalue weighted by Gasteiger charge is -2.12. The van der Waals surface area contributed by atoms with Crippen molar-refractivity contribution in [2.24, 2.45) is 4.99 Å². The Morgan fingerprint density at radius 3 is 2.61 bits per heavy atom. The summed E-state index contributed by atoms with van der Waals surface area (Å²) < 4.78 is 4.88. The molecule has 0 unspecified atom stereocenters. The molecule has 0 radical (unpaired) electrons. The summed E-state index contributed by atoms with van der Waals surface area (Å²) in [5.74, 6) is 0.547. The maximum atomic E-state index is 11.6. The summed E-state index contributed by atoms with van der Waals surface area (Å²) in [5, 5.41) is 8.91. The van der Waals surface area contributed by atoms with Crippen molar-refractivity contribution >= 4 is 35.8 Å². The highest BCUT2D eigenvalue weighted by Crippen LogP contribution is 2.07. The molecule has 0 aromatic heterocycles. The van der Waals surface area contributed by atoms with E-state index in [1.165, 1.54) is 11.1 Å². The van der Waals surface area contributed by atoms with Crippen LogP contribution in [-0.4, -0.2) is 45.2 Å². The van der Waals surface area contributed by atoms with Crippen molar-refractivity contribution in [2.45, 2.75) is 20.4 Å². The average molecular weight is 434 g/mol. The van der Waals surface area contributed by atoms with Crippen molar-refractivity contribution in [3.8, 4) is 0 Å². The van der Waals surface area contributed by atoms with Gasteiger partial charge in [0.15, 0.2) is 5.96 Å². The number of ether oxygens (including phenoxy) is 1. The molecule has 0 fully saturated rings. The van der Waals surface area contributed by atoms with Crippen molar-refractivity contribution in [3.05, 3.63) is 35.4 Å². The Labute approximate surface area is 155 Å². The van der Waals surface area contributed by atoms with Crippen LogP contribution in [0.2, 0.25) is 0 Å². The Kier molecular flexibility index (Phi) is 12.4. The van der Waals surface area contributed by atoms with Gasteiger partial charge in [0.2, 0.25) is 5.91 Å². The second-order valence-electron chi connectivity index (χ2n) is 4.82. The Bertz CT molecular complexity index is 495. The van der Waals surface area contributed by atoms with E-state index in [9.17, 15) is 4.79 Å². The van der Waals surface area contributed by atoms with Gasteiger partial charge in [-0.05, 0) is 25.0 Å². The lowest BCUT2D eigenvalue weighted by Crippen LogP contribution is -2.43. The summed E-state index contributed by atoms with van der Waals surface area (Å²) in [6, 6.07) is 8.13. The number of methoxy groups -OCH3 is 1. The normalized spacial score (nSPS) is 10.7. The Hall–Kier alpha value is -1.35. The summed E-state index contributed by atoms with van der Waals surface area (Å²) in [7, 11) is 1.60. The van der Waals surface area contributed by atoms with Crippen LogP contribution in [0.3, 0.4) is 0 Å². The van der Waals surface area contributed by atoms with Gasteiger partial charge in [-0.15, -0.1) is 24.0 Å². The summed E-state index contributed by atoms with van der Waals surface area (Å²) in [4.78, 5) is 16.1. The zero-order valence-electron chi connectivity index (χ0n) is 14.0. The number of nitrogens with zero attached hydrogens (tertiary/aromatic N) is 1. The van der Waals surface area contributed by atoms with Crippen molar-refractivity contribution in [2.75, 3.05) is 33.4 Å². The van der Waals surface area contributed by atoms with E-state index in [4.69, 9.17) is 4.74 Å². The van der Waals surface area contributed by atoms with Gasteiger partial charge in [-0.2, -0.15) is 0 Å². The molecule has 1 aromatic carbocycles. The van der Waals surface area contributed by atoms with Gasteiger partial charge in [-0.3, -0.25) is 4.79 Å². The van der Waals surface area contributed by atoms with Gasteiger partial charge in [-0.1, -0.05) is 24.3 Å². The number of hydrogen-bond donors (Lipinski definition) is 3. The minimum absolute atomic E-state index is 0. The van der Waals surface area contributed by atoms with E-state index in [1.807, 2.05) is 19.1 Å².